The number of aromatic amines is 1. The molecule has 0 spiro atoms. The Hall–Kier alpha value is -3.69. The monoisotopic (exact) mass is 465 g/mol. The van der Waals surface area contributed by atoms with Gasteiger partial charge >= 0.3 is 0 Å². The van der Waals surface area contributed by atoms with E-state index in [0.29, 0.717) is 42.5 Å². The first-order valence-electron chi connectivity index (χ1n) is 10.4. The maximum atomic E-state index is 11.8. The molecule has 170 valence electrons. The number of nitrogens with zero attached hydrogens (tertiary/aromatic N) is 4. The van der Waals surface area contributed by atoms with Crippen LogP contribution >= 0.6 is 12.4 Å². The molecule has 1 saturated heterocycles. The Morgan fingerprint density at radius 2 is 2.03 bits per heavy atom. The summed E-state index contributed by atoms with van der Waals surface area (Å²) >= 11 is 0. The van der Waals surface area contributed by atoms with Crippen LogP contribution in [0.25, 0.3) is 33.4 Å². The molecule has 4 aromatic rings. The Morgan fingerprint density at radius 3 is 2.82 bits per heavy atom. The van der Waals surface area contributed by atoms with Gasteiger partial charge in [-0.2, -0.15) is 5.10 Å². The minimum Gasteiger partial charge on any atom is -0.473 e. The summed E-state index contributed by atoms with van der Waals surface area (Å²) in [5.41, 5.74) is 10.6. The summed E-state index contributed by atoms with van der Waals surface area (Å²) in [4.78, 5) is 22.4. The Kier molecular flexibility index (Phi) is 6.43. The van der Waals surface area contributed by atoms with Crippen molar-refractivity contribution in [1.29, 1.82) is 0 Å². The summed E-state index contributed by atoms with van der Waals surface area (Å²) in [5.74, 6) is 1.06. The zero-order valence-corrected chi connectivity index (χ0v) is 18.8. The molecule has 0 bridgehead atoms. The molecule has 1 atom stereocenters. The number of nitrogens with two attached hydrogens (primary N) is 1. The minimum absolute atomic E-state index is 0. The highest BCUT2D eigenvalue weighted by molar-refractivity contribution is 5.93. The number of carbonyl (C=O) groups excluding carboxylic acids is 1. The number of anilines is 1. The molecule has 4 N–H and O–H groups in total. The van der Waals surface area contributed by atoms with Crippen LogP contribution in [0.2, 0.25) is 0 Å². The van der Waals surface area contributed by atoms with Crippen molar-refractivity contribution in [1.82, 2.24) is 30.4 Å². The number of fused-ring (bicyclic) bond motifs is 1. The van der Waals surface area contributed by atoms with Crippen LogP contribution in [0.4, 0.5) is 5.69 Å². The lowest BCUT2D eigenvalue weighted by molar-refractivity contribution is -0.131. The maximum Gasteiger partial charge on any atom is 0.219 e. The average molecular weight is 466 g/mol. The first-order valence-corrected chi connectivity index (χ1v) is 10.4. The van der Waals surface area contributed by atoms with Crippen LogP contribution in [0, 0.1) is 0 Å². The Bertz CT molecular complexity index is 1280. The predicted molar refractivity (Wildman–Crippen MR) is 129 cm³/mol. The van der Waals surface area contributed by atoms with Gasteiger partial charge in [-0.05, 0) is 35.9 Å². The van der Waals surface area contributed by atoms with Gasteiger partial charge in [-0.15, -0.1) is 12.4 Å². The number of halogens is 1. The van der Waals surface area contributed by atoms with Crippen molar-refractivity contribution in [2.75, 3.05) is 25.4 Å². The highest BCUT2D eigenvalue weighted by Crippen LogP contribution is 2.40. The van der Waals surface area contributed by atoms with Gasteiger partial charge in [-0.3, -0.25) is 15.2 Å². The summed E-state index contributed by atoms with van der Waals surface area (Å²) < 4.78 is 6.27. The third-order valence-corrected chi connectivity index (χ3v) is 5.60. The number of hydrogen-bond acceptors (Lipinski definition) is 7. The number of amides is 1. The second-order valence-electron chi connectivity index (χ2n) is 7.67. The van der Waals surface area contributed by atoms with Crippen molar-refractivity contribution < 1.29 is 9.53 Å². The van der Waals surface area contributed by atoms with Crippen LogP contribution in [0.5, 0.6) is 5.75 Å². The molecule has 1 fully saturated rings. The van der Waals surface area contributed by atoms with Gasteiger partial charge in [0.25, 0.3) is 0 Å². The molecular formula is C23H24ClN7O2. The molecule has 1 aliphatic rings. The normalized spacial score (nSPS) is 15.8. The number of piperazine rings is 1. The van der Waals surface area contributed by atoms with Crippen LogP contribution in [0.15, 0.2) is 55.0 Å². The standard InChI is InChI=1S/C23H23N7O2.ClH/c1-14(31)30-10-9-25-20(13-30)32-19-6-4-17(15-3-5-18-16(11-15)12-28-29-18)22(24)21(19)23-26-7-2-8-27-23;/h2-8,11-12,20,25H,9-10,13,24H2,1H3,(H,28,29);1H. The first kappa shape index (κ1) is 22.5. The zero-order chi connectivity index (χ0) is 22.1. The van der Waals surface area contributed by atoms with Crippen LogP contribution in [0.3, 0.4) is 0 Å². The number of aromatic nitrogens is 4. The van der Waals surface area contributed by atoms with Crippen molar-refractivity contribution in [3.8, 4) is 28.3 Å². The number of rotatable bonds is 4. The van der Waals surface area contributed by atoms with E-state index in [2.05, 4.69) is 25.5 Å². The van der Waals surface area contributed by atoms with Gasteiger partial charge in [0, 0.05) is 43.4 Å². The number of hydrogen-bond donors (Lipinski definition) is 3. The van der Waals surface area contributed by atoms with Gasteiger partial charge < -0.3 is 15.4 Å². The quantitative estimate of drug-likeness (QED) is 0.396. The van der Waals surface area contributed by atoms with E-state index in [1.165, 1.54) is 0 Å². The van der Waals surface area contributed by atoms with Crippen LogP contribution in [-0.2, 0) is 4.79 Å². The fourth-order valence-corrected chi connectivity index (χ4v) is 3.95. The van der Waals surface area contributed by atoms with E-state index >= 15 is 0 Å². The second kappa shape index (κ2) is 9.43. The van der Waals surface area contributed by atoms with E-state index in [4.69, 9.17) is 10.5 Å². The SMILES string of the molecule is CC(=O)N1CCNC(Oc2ccc(-c3ccc4[nH]ncc4c3)c(N)c2-c2ncccn2)C1.Cl. The van der Waals surface area contributed by atoms with E-state index in [1.807, 2.05) is 30.3 Å². The Balaban J connectivity index is 0.00000259. The van der Waals surface area contributed by atoms with Gasteiger partial charge in [0.2, 0.25) is 5.91 Å². The number of ether oxygens (including phenoxy) is 1. The Labute approximate surface area is 196 Å². The molecule has 2 aromatic heterocycles. The number of benzene rings is 2. The van der Waals surface area contributed by atoms with Crippen molar-refractivity contribution in [3.63, 3.8) is 0 Å². The van der Waals surface area contributed by atoms with E-state index in [0.717, 1.165) is 22.0 Å². The van der Waals surface area contributed by atoms with Crippen molar-refractivity contribution >= 4 is 34.9 Å². The fraction of sp³-hybridized carbons (Fsp3) is 0.217. The lowest BCUT2D eigenvalue weighted by Gasteiger charge is -2.33. The average Bonchev–Trinajstić information content (AvgIpc) is 3.28. The Morgan fingerprint density at radius 1 is 1.21 bits per heavy atom. The van der Waals surface area contributed by atoms with Gasteiger partial charge in [-0.1, -0.05) is 6.07 Å². The molecule has 2 aromatic carbocycles. The van der Waals surface area contributed by atoms with E-state index in [1.54, 1.807) is 36.5 Å². The van der Waals surface area contributed by atoms with Crippen LogP contribution < -0.4 is 15.8 Å². The molecule has 3 heterocycles. The molecular weight excluding hydrogens is 442 g/mol. The first-order chi connectivity index (χ1) is 15.6. The van der Waals surface area contributed by atoms with Gasteiger partial charge in [0.1, 0.15) is 5.75 Å². The summed E-state index contributed by atoms with van der Waals surface area (Å²) in [6.45, 7) is 3.32. The van der Waals surface area contributed by atoms with Crippen LogP contribution in [-0.4, -0.2) is 56.8 Å². The topological polar surface area (TPSA) is 122 Å². The van der Waals surface area contributed by atoms with Gasteiger partial charge in [-0.25, -0.2) is 9.97 Å². The predicted octanol–water partition coefficient (Wildman–Crippen LogP) is 2.85. The fourth-order valence-electron chi connectivity index (χ4n) is 3.95. The lowest BCUT2D eigenvalue weighted by atomic mass is 9.98. The van der Waals surface area contributed by atoms with E-state index in [9.17, 15) is 4.79 Å². The third-order valence-electron chi connectivity index (χ3n) is 5.60. The summed E-state index contributed by atoms with van der Waals surface area (Å²) in [6, 6.07) is 11.6. The van der Waals surface area contributed by atoms with Gasteiger partial charge in [0.15, 0.2) is 12.1 Å². The smallest absolute Gasteiger partial charge is 0.219 e. The molecule has 1 amide bonds. The van der Waals surface area contributed by atoms with Crippen molar-refractivity contribution in [3.05, 3.63) is 55.0 Å². The molecule has 0 aliphatic carbocycles. The molecule has 0 saturated carbocycles. The van der Waals surface area contributed by atoms with Crippen molar-refractivity contribution in [2.45, 2.75) is 13.2 Å². The van der Waals surface area contributed by atoms with E-state index in [-0.39, 0.29) is 24.5 Å². The van der Waals surface area contributed by atoms with Crippen molar-refractivity contribution in [2.24, 2.45) is 0 Å². The third kappa shape index (κ3) is 4.46. The van der Waals surface area contributed by atoms with Crippen LogP contribution in [0.1, 0.15) is 6.92 Å². The molecule has 10 heteroatoms. The lowest BCUT2D eigenvalue weighted by Crippen LogP contribution is -2.54. The summed E-state index contributed by atoms with van der Waals surface area (Å²) in [7, 11) is 0. The highest BCUT2D eigenvalue weighted by atomic mass is 35.5. The molecule has 5 rings (SSSR count). The summed E-state index contributed by atoms with van der Waals surface area (Å²) in [5, 5.41) is 11.4. The summed E-state index contributed by atoms with van der Waals surface area (Å²) in [6.07, 6.45) is 4.77. The highest BCUT2D eigenvalue weighted by Gasteiger charge is 2.25. The number of nitrogen functional groups attached to an aromatic ring is 1. The number of H-pyrrole nitrogens is 1. The second-order valence-corrected chi connectivity index (χ2v) is 7.67. The molecule has 1 aliphatic heterocycles. The number of carbonyl (C=O) groups is 1. The number of nitrogens with one attached hydrogen (secondary N) is 2. The molecule has 9 nitrogen and oxygen atoms in total. The molecule has 0 radical (unpaired) electrons. The largest absolute Gasteiger partial charge is 0.473 e. The van der Waals surface area contributed by atoms with Gasteiger partial charge in [0.05, 0.1) is 29.5 Å². The van der Waals surface area contributed by atoms with E-state index < -0.39 is 0 Å². The maximum absolute atomic E-state index is 11.8. The minimum atomic E-state index is -0.359. The molecule has 1 unspecified atom stereocenters. The molecule has 33 heavy (non-hydrogen) atoms. The zero-order valence-electron chi connectivity index (χ0n) is 18.0.